The van der Waals surface area contributed by atoms with E-state index in [2.05, 4.69) is 15.3 Å². The van der Waals surface area contributed by atoms with E-state index in [1.807, 2.05) is 42.5 Å². The predicted octanol–water partition coefficient (Wildman–Crippen LogP) is 2.16. The molecule has 0 bridgehead atoms. The number of amides is 1. The summed E-state index contributed by atoms with van der Waals surface area (Å²) in [4.78, 5) is 30.7. The maximum Gasteiger partial charge on any atom is 0.250 e. The minimum absolute atomic E-state index is 0.0842. The van der Waals surface area contributed by atoms with E-state index in [9.17, 15) is 14.7 Å². The Hall–Kier alpha value is -3.41. The molecule has 0 aliphatic rings. The van der Waals surface area contributed by atoms with Crippen LogP contribution in [0.1, 0.15) is 22.7 Å². The highest BCUT2D eigenvalue weighted by molar-refractivity contribution is 5.84. The number of phenols is 1. The molecule has 0 unspecified atom stereocenters. The number of carbonyl (C=O) groups is 1. The van der Waals surface area contributed by atoms with Crippen molar-refractivity contribution < 1.29 is 9.90 Å². The van der Waals surface area contributed by atoms with Crippen LogP contribution in [0.15, 0.2) is 71.8 Å². The molecule has 3 N–H and O–H groups in total. The van der Waals surface area contributed by atoms with E-state index in [-0.39, 0.29) is 23.1 Å². The zero-order valence-electron chi connectivity index (χ0n) is 14.8. The summed E-state index contributed by atoms with van der Waals surface area (Å²) in [5.74, 6) is -0.230. The van der Waals surface area contributed by atoms with Gasteiger partial charge >= 0.3 is 0 Å². The Bertz CT molecular complexity index is 937. The van der Waals surface area contributed by atoms with Gasteiger partial charge in [-0.15, -0.1) is 0 Å². The van der Waals surface area contributed by atoms with Crippen molar-refractivity contribution in [1.29, 1.82) is 0 Å². The van der Waals surface area contributed by atoms with Gasteiger partial charge in [-0.1, -0.05) is 42.5 Å². The normalized spacial score (nSPS) is 11.7. The molecule has 6 nitrogen and oxygen atoms in total. The molecule has 3 rings (SSSR count). The molecular weight excluding hydrogens is 342 g/mol. The van der Waals surface area contributed by atoms with Gasteiger partial charge < -0.3 is 15.4 Å². The number of aromatic hydroxyl groups is 1. The summed E-state index contributed by atoms with van der Waals surface area (Å²) < 4.78 is 0. The highest BCUT2D eigenvalue weighted by Gasteiger charge is 2.20. The van der Waals surface area contributed by atoms with Gasteiger partial charge in [-0.05, 0) is 29.7 Å². The fourth-order valence-corrected chi connectivity index (χ4v) is 2.90. The Labute approximate surface area is 156 Å². The first kappa shape index (κ1) is 18.4. The van der Waals surface area contributed by atoms with Crippen LogP contribution in [-0.2, 0) is 17.6 Å². The van der Waals surface area contributed by atoms with Crippen LogP contribution in [0.25, 0.3) is 0 Å². The summed E-state index contributed by atoms with van der Waals surface area (Å²) in [6.45, 7) is 0.397. The topological polar surface area (TPSA) is 95.1 Å². The number of hydrogen-bond acceptors (Lipinski definition) is 4. The van der Waals surface area contributed by atoms with Gasteiger partial charge in [-0.25, -0.2) is 4.98 Å². The number of benzene rings is 2. The monoisotopic (exact) mass is 363 g/mol. The van der Waals surface area contributed by atoms with Crippen molar-refractivity contribution in [2.75, 3.05) is 6.54 Å². The molecule has 1 heterocycles. The van der Waals surface area contributed by atoms with E-state index in [1.165, 1.54) is 12.4 Å². The molecule has 0 radical (unpaired) electrons. The number of aromatic nitrogens is 2. The van der Waals surface area contributed by atoms with Gasteiger partial charge in [0.15, 0.2) is 0 Å². The third kappa shape index (κ3) is 5.28. The molecule has 27 heavy (non-hydrogen) atoms. The lowest BCUT2D eigenvalue weighted by molar-refractivity contribution is -0.122. The molecule has 0 aliphatic heterocycles. The minimum Gasteiger partial charge on any atom is -0.508 e. The second kappa shape index (κ2) is 8.80. The second-order valence-corrected chi connectivity index (χ2v) is 6.28. The number of H-pyrrole nitrogens is 1. The Morgan fingerprint density at radius 2 is 1.85 bits per heavy atom. The van der Waals surface area contributed by atoms with Crippen LogP contribution < -0.4 is 10.9 Å². The van der Waals surface area contributed by atoms with Crippen LogP contribution in [0, 0.1) is 0 Å². The predicted molar refractivity (Wildman–Crippen MR) is 103 cm³/mol. The lowest BCUT2D eigenvalue weighted by Crippen LogP contribution is -2.32. The van der Waals surface area contributed by atoms with Crippen LogP contribution in [-0.4, -0.2) is 27.5 Å². The van der Waals surface area contributed by atoms with Crippen LogP contribution in [0.4, 0.5) is 0 Å². The van der Waals surface area contributed by atoms with Gasteiger partial charge in [-0.3, -0.25) is 9.59 Å². The summed E-state index contributed by atoms with van der Waals surface area (Å²) >= 11 is 0. The first-order chi connectivity index (χ1) is 13.1. The van der Waals surface area contributed by atoms with Crippen molar-refractivity contribution in [3.05, 3.63) is 94.2 Å². The maximum absolute atomic E-state index is 12.8. The smallest absolute Gasteiger partial charge is 0.250 e. The summed E-state index contributed by atoms with van der Waals surface area (Å²) in [5, 5.41) is 12.4. The molecule has 0 spiro atoms. The Morgan fingerprint density at radius 1 is 1.11 bits per heavy atom. The summed E-state index contributed by atoms with van der Waals surface area (Å²) in [6, 6.07) is 17.9. The molecule has 0 fully saturated rings. The first-order valence-corrected chi connectivity index (χ1v) is 8.76. The summed E-state index contributed by atoms with van der Waals surface area (Å²) in [5.41, 5.74) is 2.32. The molecule has 1 aromatic heterocycles. The molecule has 1 amide bonds. The summed E-state index contributed by atoms with van der Waals surface area (Å²) in [6.07, 6.45) is 2.37. The molecule has 138 valence electrons. The molecule has 0 saturated heterocycles. The largest absolute Gasteiger partial charge is 0.508 e. The van der Waals surface area contributed by atoms with Gasteiger partial charge in [0, 0.05) is 24.7 Å². The van der Waals surface area contributed by atoms with E-state index >= 15 is 0 Å². The van der Waals surface area contributed by atoms with Crippen molar-refractivity contribution in [3.8, 4) is 5.75 Å². The van der Waals surface area contributed by atoms with Crippen LogP contribution in [0.3, 0.4) is 0 Å². The highest BCUT2D eigenvalue weighted by atomic mass is 16.3. The van der Waals surface area contributed by atoms with Crippen molar-refractivity contribution in [1.82, 2.24) is 15.3 Å². The third-order valence-electron chi connectivity index (χ3n) is 4.31. The zero-order chi connectivity index (χ0) is 19.1. The Kier molecular flexibility index (Phi) is 5.99. The first-order valence-electron chi connectivity index (χ1n) is 8.76. The Morgan fingerprint density at radius 3 is 2.56 bits per heavy atom. The van der Waals surface area contributed by atoms with Crippen molar-refractivity contribution in [2.45, 2.75) is 18.8 Å². The SMILES string of the molecule is O=C(NCCc1cc(=O)[nH]cn1)[C@H](Cc1ccc(O)cc1)c1ccccc1. The second-order valence-electron chi connectivity index (χ2n) is 6.28. The van der Waals surface area contributed by atoms with Gasteiger partial charge in [-0.2, -0.15) is 0 Å². The van der Waals surface area contributed by atoms with Crippen LogP contribution in [0.5, 0.6) is 5.75 Å². The number of aromatic amines is 1. The average molecular weight is 363 g/mol. The average Bonchev–Trinajstić information content (AvgIpc) is 2.68. The number of hydrogen-bond donors (Lipinski definition) is 3. The lowest BCUT2D eigenvalue weighted by Gasteiger charge is -2.17. The number of rotatable bonds is 7. The number of nitrogens with one attached hydrogen (secondary N) is 2. The minimum atomic E-state index is -0.345. The van der Waals surface area contributed by atoms with E-state index in [0.717, 1.165) is 11.1 Å². The van der Waals surface area contributed by atoms with Gasteiger partial charge in [0.1, 0.15) is 5.75 Å². The standard InChI is InChI=1S/C21H21N3O3/c25-18-8-6-15(7-9-18)12-19(16-4-2-1-3-5-16)21(27)22-11-10-17-13-20(26)24-14-23-17/h1-9,13-14,19,25H,10-12H2,(H,22,27)(H,23,24,26)/t19-/m1/s1. The zero-order valence-corrected chi connectivity index (χ0v) is 14.8. The van der Waals surface area contributed by atoms with E-state index in [1.54, 1.807) is 12.1 Å². The van der Waals surface area contributed by atoms with Crippen molar-refractivity contribution in [3.63, 3.8) is 0 Å². The van der Waals surface area contributed by atoms with Gasteiger partial charge in [0.25, 0.3) is 5.56 Å². The molecular formula is C21H21N3O3. The quantitative estimate of drug-likeness (QED) is 0.599. The van der Waals surface area contributed by atoms with Gasteiger partial charge in [0.2, 0.25) is 5.91 Å². The fraction of sp³-hybridized carbons (Fsp3) is 0.190. The molecule has 2 aromatic carbocycles. The number of carbonyl (C=O) groups excluding carboxylic acids is 1. The van der Waals surface area contributed by atoms with Crippen LogP contribution in [0.2, 0.25) is 0 Å². The van der Waals surface area contributed by atoms with Crippen LogP contribution >= 0.6 is 0 Å². The third-order valence-corrected chi connectivity index (χ3v) is 4.31. The van der Waals surface area contributed by atoms with Crippen molar-refractivity contribution >= 4 is 5.91 Å². The fourth-order valence-electron chi connectivity index (χ4n) is 2.90. The Balaban J connectivity index is 1.68. The summed E-state index contributed by atoms with van der Waals surface area (Å²) in [7, 11) is 0. The maximum atomic E-state index is 12.8. The molecule has 1 atom stereocenters. The number of phenolic OH excluding ortho intramolecular Hbond substituents is 1. The van der Waals surface area contributed by atoms with E-state index in [0.29, 0.717) is 25.1 Å². The lowest BCUT2D eigenvalue weighted by atomic mass is 9.91. The van der Waals surface area contributed by atoms with Gasteiger partial charge in [0.05, 0.1) is 12.2 Å². The number of nitrogens with zero attached hydrogens (tertiary/aromatic N) is 1. The van der Waals surface area contributed by atoms with Crippen molar-refractivity contribution in [2.24, 2.45) is 0 Å². The molecule has 0 aliphatic carbocycles. The molecule has 3 aromatic rings. The molecule has 6 heteroatoms. The molecule has 0 saturated carbocycles. The highest BCUT2D eigenvalue weighted by Crippen LogP contribution is 2.22. The van der Waals surface area contributed by atoms with E-state index in [4.69, 9.17) is 0 Å². The van der Waals surface area contributed by atoms with E-state index < -0.39 is 0 Å².